The van der Waals surface area contributed by atoms with Crippen LogP contribution in [-0.4, -0.2) is 22.8 Å². The van der Waals surface area contributed by atoms with Gasteiger partial charge in [-0.3, -0.25) is 4.79 Å². The largest absolute Gasteiger partial charge is 0.462 e. The Balaban J connectivity index is 2.97. The molecule has 5 nitrogen and oxygen atoms in total. The van der Waals surface area contributed by atoms with Gasteiger partial charge in [0.1, 0.15) is 0 Å². The maximum atomic E-state index is 12.1. The summed E-state index contributed by atoms with van der Waals surface area (Å²) in [7, 11) is 0. The Hall–Kier alpha value is -1.88. The van der Waals surface area contributed by atoms with Gasteiger partial charge in [0.05, 0.1) is 28.3 Å². The molecule has 1 N–H and O–H groups in total. The highest BCUT2D eigenvalue weighted by molar-refractivity contribution is 6.37. The molecule has 0 aliphatic rings. The predicted molar refractivity (Wildman–Crippen MR) is 77.5 cm³/mol. The molecule has 0 amide bonds. The topological polar surface area (TPSA) is 72.0 Å². The molecule has 0 aliphatic carbocycles. The van der Waals surface area contributed by atoms with E-state index in [1.807, 2.05) is 0 Å². The third-order valence-corrected chi connectivity index (χ3v) is 3.79. The van der Waals surface area contributed by atoms with Crippen LogP contribution in [0.1, 0.15) is 34.1 Å². The van der Waals surface area contributed by atoms with Crippen molar-refractivity contribution in [2.45, 2.75) is 27.7 Å². The first-order valence-electron chi connectivity index (χ1n) is 6.24. The number of rotatable bonds is 2. The third kappa shape index (κ3) is 2.08. The number of carbonyl (C=O) groups is 1. The van der Waals surface area contributed by atoms with Gasteiger partial charge in [-0.1, -0.05) is 11.6 Å². The lowest BCUT2D eigenvalue weighted by atomic mass is 9.96. The van der Waals surface area contributed by atoms with Crippen molar-refractivity contribution in [2.24, 2.45) is 0 Å². The number of carbonyl (C=O) groups excluding carboxylic acids is 1. The number of nitrogens with one attached hydrogen (secondary N) is 1. The Bertz CT molecular complexity index is 765. The summed E-state index contributed by atoms with van der Waals surface area (Å²) in [6.07, 6.45) is 0. The number of aromatic amines is 1. The predicted octanol–water partition coefficient (Wildman–Crippen LogP) is 2.68. The van der Waals surface area contributed by atoms with Crippen molar-refractivity contribution in [1.29, 1.82) is 0 Å². The smallest absolute Gasteiger partial charge is 0.338 e. The normalized spacial score (nSPS) is 10.8. The molecular weight excluding hydrogens is 280 g/mol. The lowest BCUT2D eigenvalue weighted by Crippen LogP contribution is -2.16. The summed E-state index contributed by atoms with van der Waals surface area (Å²) < 4.78 is 5.04. The summed E-state index contributed by atoms with van der Waals surface area (Å²) >= 11 is 6.32. The number of hydrogen-bond donors (Lipinski definition) is 1. The van der Waals surface area contributed by atoms with Crippen LogP contribution in [0.2, 0.25) is 5.02 Å². The molecule has 0 spiro atoms. The first kappa shape index (κ1) is 14.5. The fraction of sp³-hybridized carbons (Fsp3) is 0.357. The number of halogens is 1. The molecule has 6 heteroatoms. The third-order valence-electron chi connectivity index (χ3n) is 3.32. The van der Waals surface area contributed by atoms with Crippen molar-refractivity contribution in [3.8, 4) is 0 Å². The number of aryl methyl sites for hydroxylation is 2. The van der Waals surface area contributed by atoms with Crippen LogP contribution in [0, 0.1) is 20.8 Å². The van der Waals surface area contributed by atoms with Gasteiger partial charge < -0.3 is 4.74 Å². The molecule has 0 atom stereocenters. The highest BCUT2D eigenvalue weighted by Gasteiger charge is 2.22. The molecule has 2 rings (SSSR count). The van der Waals surface area contributed by atoms with Gasteiger partial charge in [-0.2, -0.15) is 5.10 Å². The van der Waals surface area contributed by atoms with Crippen LogP contribution in [-0.2, 0) is 4.74 Å². The molecule has 0 aliphatic heterocycles. The molecule has 2 aromatic rings. The van der Waals surface area contributed by atoms with Gasteiger partial charge in [0.25, 0.3) is 5.56 Å². The first-order valence-corrected chi connectivity index (χ1v) is 6.62. The van der Waals surface area contributed by atoms with Crippen LogP contribution in [0.15, 0.2) is 4.79 Å². The summed E-state index contributed by atoms with van der Waals surface area (Å²) in [5.41, 5.74) is 1.76. The van der Waals surface area contributed by atoms with Gasteiger partial charge >= 0.3 is 5.97 Å². The van der Waals surface area contributed by atoms with Crippen molar-refractivity contribution < 1.29 is 9.53 Å². The number of fused-ring (bicyclic) bond motifs is 1. The second kappa shape index (κ2) is 5.25. The number of H-pyrrole nitrogens is 1. The fourth-order valence-corrected chi connectivity index (χ4v) is 2.71. The molecule has 0 saturated heterocycles. The summed E-state index contributed by atoms with van der Waals surface area (Å²) in [5.74, 6) is -0.472. The van der Waals surface area contributed by atoms with E-state index in [9.17, 15) is 9.59 Å². The van der Waals surface area contributed by atoms with Crippen molar-refractivity contribution in [1.82, 2.24) is 10.2 Å². The maximum Gasteiger partial charge on any atom is 0.338 e. The van der Waals surface area contributed by atoms with E-state index in [1.54, 1.807) is 27.7 Å². The molecule has 1 heterocycles. The molecule has 0 bridgehead atoms. The van der Waals surface area contributed by atoms with Gasteiger partial charge in [-0.25, -0.2) is 9.89 Å². The standard InChI is InChI=1S/C14H15ClN2O3/c1-5-20-14(19)9-6(2)10-11(12(15)7(9)3)8(4)16-17-13(10)18/h5H2,1-4H3,(H,17,18). The molecule has 0 radical (unpaired) electrons. The van der Waals surface area contributed by atoms with Crippen molar-refractivity contribution in [3.05, 3.63) is 37.8 Å². The molecule has 1 aromatic heterocycles. The number of aromatic nitrogens is 2. The van der Waals surface area contributed by atoms with E-state index in [2.05, 4.69) is 10.2 Å². The fourth-order valence-electron chi connectivity index (χ4n) is 2.38. The number of benzene rings is 1. The Morgan fingerprint density at radius 3 is 2.50 bits per heavy atom. The second-order valence-electron chi connectivity index (χ2n) is 4.55. The molecule has 0 unspecified atom stereocenters. The van der Waals surface area contributed by atoms with Crippen LogP contribution < -0.4 is 5.56 Å². The molecular formula is C14H15ClN2O3. The van der Waals surface area contributed by atoms with Crippen LogP contribution in [0.3, 0.4) is 0 Å². The minimum absolute atomic E-state index is 0.263. The van der Waals surface area contributed by atoms with Crippen LogP contribution in [0.25, 0.3) is 10.8 Å². The van der Waals surface area contributed by atoms with Gasteiger partial charge in [-0.15, -0.1) is 0 Å². The molecule has 106 valence electrons. The number of esters is 1. The zero-order valence-electron chi connectivity index (χ0n) is 11.8. The number of hydrogen-bond acceptors (Lipinski definition) is 4. The Morgan fingerprint density at radius 1 is 1.25 bits per heavy atom. The quantitative estimate of drug-likeness (QED) is 0.864. The monoisotopic (exact) mass is 294 g/mol. The van der Waals surface area contributed by atoms with E-state index in [0.29, 0.717) is 38.2 Å². The summed E-state index contributed by atoms with van der Waals surface area (Å²) in [6.45, 7) is 7.20. The summed E-state index contributed by atoms with van der Waals surface area (Å²) in [6, 6.07) is 0. The van der Waals surface area contributed by atoms with E-state index in [-0.39, 0.29) is 12.2 Å². The van der Waals surface area contributed by atoms with E-state index < -0.39 is 5.97 Å². The van der Waals surface area contributed by atoms with E-state index in [1.165, 1.54) is 0 Å². The average Bonchev–Trinajstić information content (AvgIpc) is 2.39. The summed E-state index contributed by atoms with van der Waals surface area (Å²) in [5, 5.41) is 7.67. The summed E-state index contributed by atoms with van der Waals surface area (Å²) in [4.78, 5) is 24.1. The van der Waals surface area contributed by atoms with Crippen molar-refractivity contribution in [3.63, 3.8) is 0 Å². The highest BCUT2D eigenvalue weighted by Crippen LogP contribution is 2.33. The second-order valence-corrected chi connectivity index (χ2v) is 4.93. The molecule has 0 fully saturated rings. The number of nitrogens with zero attached hydrogens (tertiary/aromatic N) is 1. The first-order chi connectivity index (χ1) is 9.40. The van der Waals surface area contributed by atoms with Crippen molar-refractivity contribution in [2.75, 3.05) is 6.61 Å². The average molecular weight is 295 g/mol. The zero-order chi connectivity index (χ0) is 15.0. The van der Waals surface area contributed by atoms with Crippen LogP contribution >= 0.6 is 11.6 Å². The minimum Gasteiger partial charge on any atom is -0.462 e. The molecule has 20 heavy (non-hydrogen) atoms. The van der Waals surface area contributed by atoms with E-state index >= 15 is 0 Å². The number of ether oxygens (including phenoxy) is 1. The van der Waals surface area contributed by atoms with Gasteiger partial charge in [0, 0.05) is 5.39 Å². The lowest BCUT2D eigenvalue weighted by molar-refractivity contribution is 0.0525. The van der Waals surface area contributed by atoms with Crippen LogP contribution in [0.5, 0.6) is 0 Å². The van der Waals surface area contributed by atoms with Gasteiger partial charge in [0.15, 0.2) is 0 Å². The van der Waals surface area contributed by atoms with E-state index in [4.69, 9.17) is 16.3 Å². The molecule has 1 aromatic carbocycles. The Kier molecular flexibility index (Phi) is 3.81. The lowest BCUT2D eigenvalue weighted by Gasteiger charge is -2.14. The SMILES string of the molecule is CCOC(=O)c1c(C)c(Cl)c2c(C)n[nH]c(=O)c2c1C. The minimum atomic E-state index is -0.472. The highest BCUT2D eigenvalue weighted by atomic mass is 35.5. The Morgan fingerprint density at radius 2 is 1.90 bits per heavy atom. The van der Waals surface area contributed by atoms with Crippen molar-refractivity contribution >= 4 is 28.3 Å². The van der Waals surface area contributed by atoms with Gasteiger partial charge in [0.2, 0.25) is 0 Å². The zero-order valence-corrected chi connectivity index (χ0v) is 12.5. The maximum absolute atomic E-state index is 12.1. The van der Waals surface area contributed by atoms with E-state index in [0.717, 1.165) is 0 Å². The van der Waals surface area contributed by atoms with Gasteiger partial charge in [-0.05, 0) is 38.8 Å². The van der Waals surface area contributed by atoms with Crippen LogP contribution in [0.4, 0.5) is 0 Å². The molecule has 0 saturated carbocycles. The Labute approximate surface area is 120 Å².